The van der Waals surface area contributed by atoms with E-state index in [-0.39, 0.29) is 12.9 Å². The van der Waals surface area contributed by atoms with Crippen LogP contribution >= 0.6 is 0 Å². The van der Waals surface area contributed by atoms with Crippen LogP contribution < -0.4 is 9.47 Å². The molecule has 0 saturated heterocycles. The molecule has 1 aliphatic carbocycles. The molecule has 0 spiro atoms. The molecule has 0 unspecified atom stereocenters. The third-order valence-electron chi connectivity index (χ3n) is 7.05. The number of hydrogen-bond donors (Lipinski definition) is 0. The van der Waals surface area contributed by atoms with E-state index in [2.05, 4.69) is 38.5 Å². The summed E-state index contributed by atoms with van der Waals surface area (Å²) < 4.78 is 17.9. The molecule has 1 saturated carbocycles. The standard InChI is InChI=1S/C34H36O3/c1-5-27-13-17-31(18-14-27)35-23-30-11-9-28(10-12-30)7-8-29-15-19-32(20-16-29)36-24-37-34-22-26(4)6-21-33(34)25(2)3/h1,9-20,25-26,33-34H,6,21-24H2,2-4H3/t26-,33+,34-/m1/s1. The molecule has 3 aromatic carbocycles. The molecule has 0 amide bonds. The highest BCUT2D eigenvalue weighted by atomic mass is 16.7. The first-order valence-electron chi connectivity index (χ1n) is 13.1. The lowest BCUT2D eigenvalue weighted by molar-refractivity contribution is -0.0917. The molecule has 3 heteroatoms. The maximum atomic E-state index is 6.16. The fourth-order valence-electron chi connectivity index (χ4n) is 4.77. The van der Waals surface area contributed by atoms with Gasteiger partial charge in [-0.2, -0.15) is 0 Å². The molecule has 37 heavy (non-hydrogen) atoms. The summed E-state index contributed by atoms with van der Waals surface area (Å²) in [5, 5.41) is 0. The van der Waals surface area contributed by atoms with Gasteiger partial charge in [0.15, 0.2) is 6.79 Å². The molecule has 1 aliphatic rings. The van der Waals surface area contributed by atoms with E-state index in [0.717, 1.165) is 46.1 Å². The number of terminal acetylenes is 1. The third kappa shape index (κ3) is 7.91. The van der Waals surface area contributed by atoms with E-state index in [1.807, 2.05) is 72.8 Å². The first kappa shape index (κ1) is 26.4. The Morgan fingerprint density at radius 1 is 0.784 bits per heavy atom. The summed E-state index contributed by atoms with van der Waals surface area (Å²) in [6, 6.07) is 23.5. The molecule has 4 rings (SSSR count). The van der Waals surface area contributed by atoms with Crippen LogP contribution in [0.15, 0.2) is 72.8 Å². The Hall–Kier alpha value is -3.66. The number of ether oxygens (including phenoxy) is 3. The smallest absolute Gasteiger partial charge is 0.189 e. The van der Waals surface area contributed by atoms with E-state index in [0.29, 0.717) is 18.4 Å². The van der Waals surface area contributed by atoms with Gasteiger partial charge in [0.2, 0.25) is 0 Å². The van der Waals surface area contributed by atoms with Crippen LogP contribution in [0.2, 0.25) is 0 Å². The highest BCUT2D eigenvalue weighted by Gasteiger charge is 2.31. The monoisotopic (exact) mass is 492 g/mol. The second kappa shape index (κ2) is 13.0. The lowest BCUT2D eigenvalue weighted by Crippen LogP contribution is -2.35. The van der Waals surface area contributed by atoms with Crippen molar-refractivity contribution in [3.63, 3.8) is 0 Å². The van der Waals surface area contributed by atoms with E-state index < -0.39 is 0 Å². The minimum Gasteiger partial charge on any atom is -0.489 e. The minimum absolute atomic E-state index is 0.285. The highest BCUT2D eigenvalue weighted by molar-refractivity contribution is 5.45. The van der Waals surface area contributed by atoms with E-state index in [9.17, 15) is 0 Å². The molecular formula is C34H36O3. The molecule has 3 nitrogen and oxygen atoms in total. The average molecular weight is 493 g/mol. The van der Waals surface area contributed by atoms with E-state index in [1.54, 1.807) is 0 Å². The van der Waals surface area contributed by atoms with Gasteiger partial charge in [0.25, 0.3) is 0 Å². The second-order valence-corrected chi connectivity index (χ2v) is 10.2. The van der Waals surface area contributed by atoms with Gasteiger partial charge in [0.1, 0.15) is 18.1 Å². The Morgan fingerprint density at radius 3 is 1.95 bits per heavy atom. The molecule has 190 valence electrons. The summed E-state index contributed by atoms with van der Waals surface area (Å²) in [7, 11) is 0. The molecule has 0 bridgehead atoms. The average Bonchev–Trinajstić information content (AvgIpc) is 2.92. The zero-order valence-corrected chi connectivity index (χ0v) is 22.1. The fraction of sp³-hybridized carbons (Fsp3) is 0.353. The van der Waals surface area contributed by atoms with Gasteiger partial charge in [0.05, 0.1) is 6.10 Å². The van der Waals surface area contributed by atoms with Crippen molar-refractivity contribution < 1.29 is 14.2 Å². The van der Waals surface area contributed by atoms with Gasteiger partial charge >= 0.3 is 0 Å². The predicted molar refractivity (Wildman–Crippen MR) is 149 cm³/mol. The molecule has 0 N–H and O–H groups in total. The lowest BCUT2D eigenvalue weighted by Gasteiger charge is -2.36. The Bertz CT molecular complexity index is 1220. The molecule has 0 aromatic heterocycles. The summed E-state index contributed by atoms with van der Waals surface area (Å²) in [6.45, 7) is 7.69. The molecule has 0 heterocycles. The lowest BCUT2D eigenvalue weighted by atomic mass is 9.75. The molecule has 0 radical (unpaired) electrons. The molecular weight excluding hydrogens is 456 g/mol. The van der Waals surface area contributed by atoms with Crippen LogP contribution in [0.4, 0.5) is 0 Å². The Balaban J connectivity index is 1.24. The molecule has 0 aliphatic heterocycles. The Labute approximate surface area is 222 Å². The fourth-order valence-corrected chi connectivity index (χ4v) is 4.77. The van der Waals surface area contributed by atoms with Crippen molar-refractivity contribution in [1.82, 2.24) is 0 Å². The van der Waals surface area contributed by atoms with Crippen LogP contribution in [0.1, 0.15) is 62.3 Å². The van der Waals surface area contributed by atoms with Gasteiger partial charge in [-0.25, -0.2) is 0 Å². The predicted octanol–water partition coefficient (Wildman–Crippen LogP) is 7.46. The molecule has 1 fully saturated rings. The first-order valence-corrected chi connectivity index (χ1v) is 13.1. The SMILES string of the molecule is C#Cc1ccc(OCc2ccc(C#Cc3ccc(OCO[C@@H]4C[C@H](C)CC[C@H]4C(C)C)cc3)cc2)cc1. The van der Waals surface area contributed by atoms with Gasteiger partial charge in [-0.05, 0) is 96.8 Å². The summed E-state index contributed by atoms with van der Waals surface area (Å²) in [5.41, 5.74) is 3.82. The van der Waals surface area contributed by atoms with Crippen LogP contribution in [0, 0.1) is 41.9 Å². The molecule has 3 aromatic rings. The topological polar surface area (TPSA) is 27.7 Å². The number of rotatable bonds is 8. The Kier molecular flexibility index (Phi) is 9.31. The van der Waals surface area contributed by atoms with Crippen LogP contribution in [0.3, 0.4) is 0 Å². The van der Waals surface area contributed by atoms with Crippen LogP contribution in [0.5, 0.6) is 11.5 Å². The number of benzene rings is 3. The van der Waals surface area contributed by atoms with Crippen molar-refractivity contribution in [2.75, 3.05) is 6.79 Å². The first-order chi connectivity index (χ1) is 18.0. The van der Waals surface area contributed by atoms with Crippen LogP contribution in [-0.2, 0) is 11.3 Å². The maximum absolute atomic E-state index is 6.16. The Morgan fingerprint density at radius 2 is 1.35 bits per heavy atom. The van der Waals surface area contributed by atoms with Crippen molar-refractivity contribution in [2.45, 2.75) is 52.7 Å². The van der Waals surface area contributed by atoms with Crippen molar-refractivity contribution in [1.29, 1.82) is 0 Å². The zero-order chi connectivity index (χ0) is 26.0. The zero-order valence-electron chi connectivity index (χ0n) is 22.1. The normalized spacial score (nSPS) is 18.9. The summed E-state index contributed by atoms with van der Waals surface area (Å²) in [4.78, 5) is 0. The van der Waals surface area contributed by atoms with Crippen LogP contribution in [0.25, 0.3) is 0 Å². The van der Waals surface area contributed by atoms with E-state index in [4.69, 9.17) is 20.6 Å². The summed E-state index contributed by atoms with van der Waals surface area (Å²) in [5.74, 6) is 12.6. The van der Waals surface area contributed by atoms with Crippen molar-refractivity contribution in [3.05, 3.63) is 95.1 Å². The van der Waals surface area contributed by atoms with E-state index in [1.165, 1.54) is 12.8 Å². The maximum Gasteiger partial charge on any atom is 0.189 e. The van der Waals surface area contributed by atoms with Gasteiger partial charge in [-0.1, -0.05) is 57.1 Å². The van der Waals surface area contributed by atoms with Crippen molar-refractivity contribution in [3.8, 4) is 35.7 Å². The third-order valence-corrected chi connectivity index (χ3v) is 7.05. The summed E-state index contributed by atoms with van der Waals surface area (Å²) >= 11 is 0. The van der Waals surface area contributed by atoms with Gasteiger partial charge < -0.3 is 14.2 Å². The molecule has 3 atom stereocenters. The van der Waals surface area contributed by atoms with Gasteiger partial charge in [0, 0.05) is 16.7 Å². The van der Waals surface area contributed by atoms with Gasteiger partial charge in [-0.15, -0.1) is 6.42 Å². The van der Waals surface area contributed by atoms with Crippen molar-refractivity contribution >= 4 is 0 Å². The minimum atomic E-state index is 0.285. The van der Waals surface area contributed by atoms with E-state index >= 15 is 0 Å². The second-order valence-electron chi connectivity index (χ2n) is 10.2. The summed E-state index contributed by atoms with van der Waals surface area (Å²) in [6.07, 6.45) is 9.34. The quantitative estimate of drug-likeness (QED) is 0.241. The highest BCUT2D eigenvalue weighted by Crippen LogP contribution is 2.35. The van der Waals surface area contributed by atoms with Crippen molar-refractivity contribution in [2.24, 2.45) is 17.8 Å². The van der Waals surface area contributed by atoms with Crippen LogP contribution in [-0.4, -0.2) is 12.9 Å². The van der Waals surface area contributed by atoms with Gasteiger partial charge in [-0.3, -0.25) is 0 Å². The number of hydrogen-bond acceptors (Lipinski definition) is 3. The largest absolute Gasteiger partial charge is 0.489 e.